The molecule has 3 heterocycles. The lowest BCUT2D eigenvalue weighted by atomic mass is 10.1. The molecule has 0 aliphatic carbocycles. The molecular weight excluding hydrogens is 418 g/mol. The molecule has 1 amide bonds. The van der Waals surface area contributed by atoms with Gasteiger partial charge in [-0.25, -0.2) is 4.79 Å². The Hall–Kier alpha value is -3.33. The van der Waals surface area contributed by atoms with Gasteiger partial charge in [0.1, 0.15) is 5.76 Å². The Labute approximate surface area is 182 Å². The number of aryl methyl sites for hydroxylation is 2. The molecule has 160 valence electrons. The average Bonchev–Trinajstić information content (AvgIpc) is 3.28. The minimum absolute atomic E-state index is 0.115. The lowest BCUT2D eigenvalue weighted by Crippen LogP contribution is -2.26. The first kappa shape index (κ1) is 20.9. The first-order valence-corrected chi connectivity index (χ1v) is 10.6. The molecule has 1 aliphatic rings. The third kappa shape index (κ3) is 4.00. The minimum Gasteiger partial charge on any atom is -0.454 e. The molecule has 1 aromatic carbocycles. The Kier molecular flexibility index (Phi) is 5.45. The number of benzene rings is 1. The lowest BCUT2D eigenvalue weighted by molar-refractivity contribution is -0.115. The van der Waals surface area contributed by atoms with E-state index in [9.17, 15) is 14.4 Å². The molecule has 1 aliphatic heterocycles. The molecule has 4 rings (SSSR count). The van der Waals surface area contributed by atoms with Crippen LogP contribution in [-0.4, -0.2) is 39.2 Å². The Balaban J connectivity index is 1.47. The summed E-state index contributed by atoms with van der Waals surface area (Å²) >= 11 is 1.43. The van der Waals surface area contributed by atoms with Crippen LogP contribution in [0.1, 0.15) is 44.8 Å². The molecule has 0 radical (unpaired) electrons. The van der Waals surface area contributed by atoms with Gasteiger partial charge in [-0.05, 0) is 52.0 Å². The van der Waals surface area contributed by atoms with Crippen LogP contribution in [0.15, 0.2) is 39.8 Å². The Morgan fingerprint density at radius 1 is 1.23 bits per heavy atom. The molecule has 31 heavy (non-hydrogen) atoms. The van der Waals surface area contributed by atoms with E-state index in [1.807, 2.05) is 18.4 Å². The molecule has 9 heteroatoms. The van der Waals surface area contributed by atoms with Crippen molar-refractivity contribution in [3.63, 3.8) is 0 Å². The fraction of sp³-hybridized carbons (Fsp3) is 0.273. The van der Waals surface area contributed by atoms with Crippen LogP contribution in [0, 0.1) is 20.8 Å². The van der Waals surface area contributed by atoms with Crippen molar-refractivity contribution >= 4 is 35.1 Å². The number of anilines is 1. The molecule has 0 bridgehead atoms. The first-order chi connectivity index (χ1) is 14.7. The highest BCUT2D eigenvalue weighted by Gasteiger charge is 2.25. The number of aromatic nitrogens is 2. The average molecular weight is 439 g/mol. The predicted molar refractivity (Wildman–Crippen MR) is 115 cm³/mol. The van der Waals surface area contributed by atoms with Gasteiger partial charge in [0.05, 0.1) is 16.5 Å². The quantitative estimate of drug-likeness (QED) is 0.475. The summed E-state index contributed by atoms with van der Waals surface area (Å²) in [6, 6.07) is 8.48. The highest BCUT2D eigenvalue weighted by Crippen LogP contribution is 2.36. The number of rotatable bonds is 5. The number of fused-ring (bicyclic) bond motifs is 1. The molecule has 3 aromatic rings. The second-order valence-electron chi connectivity index (χ2n) is 7.38. The monoisotopic (exact) mass is 439 g/mol. The van der Waals surface area contributed by atoms with E-state index in [4.69, 9.17) is 9.26 Å². The number of hydrogen-bond acceptors (Lipinski definition) is 7. The summed E-state index contributed by atoms with van der Waals surface area (Å²) in [4.78, 5) is 37.9. The van der Waals surface area contributed by atoms with Gasteiger partial charge in [-0.15, -0.1) is 11.8 Å². The number of thioether (sulfide) groups is 1. The molecule has 8 nitrogen and oxygen atoms in total. The topological polar surface area (TPSA) is 103 Å². The van der Waals surface area contributed by atoms with E-state index in [1.165, 1.54) is 11.8 Å². The molecule has 0 saturated carbocycles. The number of hydrogen-bond donors (Lipinski definition) is 1. The Bertz CT molecular complexity index is 1210. The van der Waals surface area contributed by atoms with E-state index in [1.54, 1.807) is 44.2 Å². The zero-order valence-corrected chi connectivity index (χ0v) is 18.3. The van der Waals surface area contributed by atoms with Crippen molar-refractivity contribution < 1.29 is 23.6 Å². The van der Waals surface area contributed by atoms with E-state index < -0.39 is 12.6 Å². The predicted octanol–water partition coefficient (Wildman–Crippen LogP) is 3.86. The molecule has 1 unspecified atom stereocenters. The van der Waals surface area contributed by atoms with Gasteiger partial charge in [-0.1, -0.05) is 5.16 Å². The number of esters is 1. The van der Waals surface area contributed by atoms with E-state index in [-0.39, 0.29) is 22.5 Å². The molecule has 1 N–H and O–H groups in total. The van der Waals surface area contributed by atoms with E-state index in [0.717, 1.165) is 10.6 Å². The standard InChI is InChI=1S/C22H21N3O5S/c1-11-7-16(13(3)25(11)20-8-12(2)30-24-20)18(26)10-29-22(28)15-5-6-19-17(9-15)23-21(27)14(4)31-19/h5-9,14H,10H2,1-4H3,(H,23,27). The number of carbonyl (C=O) groups is 3. The van der Waals surface area contributed by atoms with Gasteiger partial charge in [0.15, 0.2) is 12.4 Å². The smallest absolute Gasteiger partial charge is 0.338 e. The van der Waals surface area contributed by atoms with E-state index in [2.05, 4.69) is 10.5 Å². The van der Waals surface area contributed by atoms with E-state index >= 15 is 0 Å². The molecule has 2 aromatic heterocycles. The third-order valence-corrected chi connectivity index (χ3v) is 6.23. The van der Waals surface area contributed by atoms with Crippen molar-refractivity contribution in [3.05, 3.63) is 58.6 Å². The fourth-order valence-electron chi connectivity index (χ4n) is 3.48. The van der Waals surface area contributed by atoms with Crippen LogP contribution in [0.2, 0.25) is 0 Å². The summed E-state index contributed by atoms with van der Waals surface area (Å²) in [7, 11) is 0. The summed E-state index contributed by atoms with van der Waals surface area (Å²) in [5.74, 6) is 0.194. The second kappa shape index (κ2) is 8.07. The molecule has 0 spiro atoms. The molecule has 1 atom stereocenters. The highest BCUT2D eigenvalue weighted by molar-refractivity contribution is 8.00. The number of nitrogens with one attached hydrogen (secondary N) is 1. The minimum atomic E-state index is -0.630. The summed E-state index contributed by atoms with van der Waals surface area (Å²) in [6.45, 7) is 6.88. The lowest BCUT2D eigenvalue weighted by Gasteiger charge is -2.21. The number of ether oxygens (including phenoxy) is 1. The number of carbonyl (C=O) groups excluding carboxylic acids is 3. The second-order valence-corrected chi connectivity index (χ2v) is 8.76. The summed E-state index contributed by atoms with van der Waals surface area (Å²) in [5.41, 5.74) is 2.80. The number of Topliss-reactive ketones (excluding diaryl/α,β-unsaturated/α-hetero) is 1. The zero-order chi connectivity index (χ0) is 22.3. The molecule has 0 fully saturated rings. The van der Waals surface area contributed by atoms with Gasteiger partial charge in [0, 0.05) is 27.9 Å². The van der Waals surface area contributed by atoms with Gasteiger partial charge >= 0.3 is 5.97 Å². The van der Waals surface area contributed by atoms with Crippen molar-refractivity contribution in [2.45, 2.75) is 37.8 Å². The van der Waals surface area contributed by atoms with Crippen LogP contribution in [0.4, 0.5) is 5.69 Å². The van der Waals surface area contributed by atoms with Gasteiger partial charge in [0.2, 0.25) is 11.7 Å². The fourth-order valence-corrected chi connectivity index (χ4v) is 4.41. The van der Waals surface area contributed by atoms with E-state index in [0.29, 0.717) is 28.5 Å². The highest BCUT2D eigenvalue weighted by atomic mass is 32.2. The van der Waals surface area contributed by atoms with Crippen molar-refractivity contribution in [2.24, 2.45) is 0 Å². The van der Waals surface area contributed by atoms with Gasteiger partial charge in [0.25, 0.3) is 0 Å². The van der Waals surface area contributed by atoms with Crippen LogP contribution >= 0.6 is 11.8 Å². The van der Waals surface area contributed by atoms with Crippen molar-refractivity contribution in [1.29, 1.82) is 0 Å². The normalized spacial score (nSPS) is 15.4. The maximum Gasteiger partial charge on any atom is 0.338 e. The molecule has 0 saturated heterocycles. The SMILES string of the molecule is Cc1cc(-n2c(C)cc(C(=O)COC(=O)c3ccc4c(c3)NC(=O)C(C)S4)c2C)no1. The summed E-state index contributed by atoms with van der Waals surface area (Å²) < 4.78 is 12.2. The van der Waals surface area contributed by atoms with Crippen molar-refractivity contribution in [3.8, 4) is 5.82 Å². The van der Waals surface area contributed by atoms with Crippen LogP contribution in [0.3, 0.4) is 0 Å². The van der Waals surface area contributed by atoms with Gasteiger partial charge in [-0.3, -0.25) is 14.2 Å². The summed E-state index contributed by atoms with van der Waals surface area (Å²) in [6.07, 6.45) is 0. The van der Waals surface area contributed by atoms with Crippen LogP contribution < -0.4 is 5.32 Å². The Morgan fingerprint density at radius 2 is 2.00 bits per heavy atom. The maximum atomic E-state index is 12.7. The number of ketones is 1. The van der Waals surface area contributed by atoms with Crippen molar-refractivity contribution in [1.82, 2.24) is 9.72 Å². The largest absolute Gasteiger partial charge is 0.454 e. The first-order valence-electron chi connectivity index (χ1n) is 9.69. The number of amides is 1. The zero-order valence-electron chi connectivity index (χ0n) is 17.5. The summed E-state index contributed by atoms with van der Waals surface area (Å²) in [5, 5.41) is 6.59. The van der Waals surface area contributed by atoms with Crippen LogP contribution in [0.5, 0.6) is 0 Å². The van der Waals surface area contributed by atoms with Crippen LogP contribution in [0.25, 0.3) is 5.82 Å². The van der Waals surface area contributed by atoms with Gasteiger partial charge in [-0.2, -0.15) is 0 Å². The van der Waals surface area contributed by atoms with Crippen molar-refractivity contribution in [2.75, 3.05) is 11.9 Å². The Morgan fingerprint density at radius 3 is 2.71 bits per heavy atom. The maximum absolute atomic E-state index is 12.7. The van der Waals surface area contributed by atoms with Gasteiger partial charge < -0.3 is 14.6 Å². The number of nitrogens with zero attached hydrogens (tertiary/aromatic N) is 2. The van der Waals surface area contributed by atoms with Crippen LogP contribution in [-0.2, 0) is 9.53 Å². The molecular formula is C22H21N3O5S. The third-order valence-electron chi connectivity index (χ3n) is 5.06.